The summed E-state index contributed by atoms with van der Waals surface area (Å²) in [5.74, 6) is -0.260. The van der Waals surface area contributed by atoms with E-state index in [1.165, 1.54) is 25.2 Å². The summed E-state index contributed by atoms with van der Waals surface area (Å²) >= 11 is 0. The van der Waals surface area contributed by atoms with Crippen molar-refractivity contribution < 1.29 is 18.0 Å². The van der Waals surface area contributed by atoms with E-state index in [0.29, 0.717) is 13.0 Å². The van der Waals surface area contributed by atoms with Crippen LogP contribution in [0.1, 0.15) is 28.8 Å². The number of benzene rings is 2. The van der Waals surface area contributed by atoms with Gasteiger partial charge in [0.05, 0.1) is 4.90 Å². The smallest absolute Gasteiger partial charge is 0.251 e. The molecule has 8 heteroatoms. The Hall–Kier alpha value is -2.71. The molecule has 0 bridgehead atoms. The van der Waals surface area contributed by atoms with Crippen LogP contribution in [0.4, 0.5) is 5.69 Å². The number of hydrogen-bond acceptors (Lipinski definition) is 4. The van der Waals surface area contributed by atoms with Crippen LogP contribution in [0.15, 0.2) is 53.4 Å². The lowest BCUT2D eigenvalue weighted by atomic mass is 10.1. The fourth-order valence-electron chi connectivity index (χ4n) is 2.96. The van der Waals surface area contributed by atoms with Gasteiger partial charge in [0.15, 0.2) is 0 Å². The number of sulfonamides is 1. The molecule has 0 saturated carbocycles. The normalized spacial score (nSPS) is 14.4. The van der Waals surface area contributed by atoms with E-state index in [-0.39, 0.29) is 28.8 Å². The van der Waals surface area contributed by atoms with Crippen LogP contribution in [0, 0.1) is 0 Å². The molecule has 0 aromatic heterocycles. The van der Waals surface area contributed by atoms with E-state index in [1.807, 2.05) is 24.3 Å². The first-order chi connectivity index (χ1) is 12.9. The monoisotopic (exact) mass is 387 g/mol. The van der Waals surface area contributed by atoms with Gasteiger partial charge in [0, 0.05) is 30.8 Å². The van der Waals surface area contributed by atoms with Crippen LogP contribution in [-0.4, -0.2) is 33.8 Å². The Bertz CT molecular complexity index is 972. The van der Waals surface area contributed by atoms with E-state index in [0.717, 1.165) is 17.7 Å². The molecule has 1 aliphatic heterocycles. The summed E-state index contributed by atoms with van der Waals surface area (Å²) < 4.78 is 26.0. The molecule has 0 radical (unpaired) electrons. The molecule has 0 aliphatic carbocycles. The fourth-order valence-corrected chi connectivity index (χ4v) is 3.74. The molecule has 0 spiro atoms. The van der Waals surface area contributed by atoms with Crippen LogP contribution in [-0.2, 0) is 21.4 Å². The van der Waals surface area contributed by atoms with Gasteiger partial charge in [0.2, 0.25) is 15.9 Å². The van der Waals surface area contributed by atoms with Gasteiger partial charge in [-0.2, -0.15) is 0 Å². The standard InChI is InChI=1S/C19H21N3O4S/c1-20-27(25,26)17-8-3-6-15(12-17)19(24)21-13-14-5-2-7-16(11-14)22-10-4-9-18(22)23/h2-3,5-8,11-12,20H,4,9-10,13H2,1H3,(H,21,24). The maximum absolute atomic E-state index is 12.4. The molecular weight excluding hydrogens is 366 g/mol. The highest BCUT2D eigenvalue weighted by atomic mass is 32.2. The van der Waals surface area contributed by atoms with Gasteiger partial charge in [-0.25, -0.2) is 13.1 Å². The first-order valence-electron chi connectivity index (χ1n) is 8.62. The summed E-state index contributed by atoms with van der Waals surface area (Å²) in [6.07, 6.45) is 1.42. The molecule has 2 N–H and O–H groups in total. The molecule has 0 atom stereocenters. The Balaban J connectivity index is 1.69. The van der Waals surface area contributed by atoms with Crippen LogP contribution in [0.3, 0.4) is 0 Å². The second-order valence-electron chi connectivity index (χ2n) is 6.24. The number of carbonyl (C=O) groups is 2. The van der Waals surface area contributed by atoms with Gasteiger partial charge in [0.1, 0.15) is 0 Å². The number of amides is 2. The van der Waals surface area contributed by atoms with Crippen molar-refractivity contribution in [1.82, 2.24) is 10.0 Å². The third-order valence-electron chi connectivity index (χ3n) is 4.42. The Morgan fingerprint density at radius 3 is 2.63 bits per heavy atom. The van der Waals surface area contributed by atoms with E-state index in [9.17, 15) is 18.0 Å². The highest BCUT2D eigenvalue weighted by Gasteiger charge is 2.21. The lowest BCUT2D eigenvalue weighted by molar-refractivity contribution is -0.117. The van der Waals surface area contributed by atoms with Crippen molar-refractivity contribution in [3.05, 3.63) is 59.7 Å². The molecule has 3 rings (SSSR count). The van der Waals surface area contributed by atoms with E-state index >= 15 is 0 Å². The molecule has 1 fully saturated rings. The zero-order valence-electron chi connectivity index (χ0n) is 14.9. The number of anilines is 1. The lowest BCUT2D eigenvalue weighted by Crippen LogP contribution is -2.25. The molecule has 2 aromatic carbocycles. The van der Waals surface area contributed by atoms with Crippen LogP contribution in [0.25, 0.3) is 0 Å². The summed E-state index contributed by atoms with van der Waals surface area (Å²) in [6, 6.07) is 13.3. The third-order valence-corrected chi connectivity index (χ3v) is 5.84. The van der Waals surface area contributed by atoms with E-state index in [1.54, 1.807) is 11.0 Å². The van der Waals surface area contributed by atoms with Crippen molar-refractivity contribution in [1.29, 1.82) is 0 Å². The predicted molar refractivity (Wildman–Crippen MR) is 102 cm³/mol. The number of carbonyl (C=O) groups excluding carboxylic acids is 2. The molecule has 1 aliphatic rings. The maximum Gasteiger partial charge on any atom is 0.251 e. The van der Waals surface area contributed by atoms with E-state index in [4.69, 9.17) is 0 Å². The topological polar surface area (TPSA) is 95.6 Å². The number of nitrogens with zero attached hydrogens (tertiary/aromatic N) is 1. The average molecular weight is 387 g/mol. The van der Waals surface area contributed by atoms with Crippen molar-refractivity contribution in [3.8, 4) is 0 Å². The average Bonchev–Trinajstić information content (AvgIpc) is 3.12. The highest BCUT2D eigenvalue weighted by Crippen LogP contribution is 2.22. The maximum atomic E-state index is 12.4. The van der Waals surface area contributed by atoms with Crippen LogP contribution < -0.4 is 14.9 Å². The molecule has 0 unspecified atom stereocenters. The lowest BCUT2D eigenvalue weighted by Gasteiger charge is -2.16. The molecule has 1 heterocycles. The first-order valence-corrected chi connectivity index (χ1v) is 10.1. The quantitative estimate of drug-likeness (QED) is 0.788. The second-order valence-corrected chi connectivity index (χ2v) is 8.12. The van der Waals surface area contributed by atoms with Gasteiger partial charge in [-0.1, -0.05) is 18.2 Å². The third kappa shape index (κ3) is 4.35. The van der Waals surface area contributed by atoms with Crippen molar-refractivity contribution >= 4 is 27.5 Å². The Labute approximate surface area is 158 Å². The largest absolute Gasteiger partial charge is 0.348 e. The summed E-state index contributed by atoms with van der Waals surface area (Å²) in [4.78, 5) is 26.0. The molecule has 142 valence electrons. The van der Waals surface area contributed by atoms with Gasteiger partial charge in [-0.3, -0.25) is 9.59 Å². The van der Waals surface area contributed by atoms with Crippen LogP contribution >= 0.6 is 0 Å². The van der Waals surface area contributed by atoms with E-state index in [2.05, 4.69) is 10.0 Å². The molecule has 7 nitrogen and oxygen atoms in total. The SMILES string of the molecule is CNS(=O)(=O)c1cccc(C(=O)NCc2cccc(N3CCCC3=O)c2)c1. The minimum absolute atomic E-state index is 0.0344. The molecule has 27 heavy (non-hydrogen) atoms. The van der Waals surface area contributed by atoms with Crippen molar-refractivity contribution in [2.24, 2.45) is 0 Å². The van der Waals surface area contributed by atoms with Crippen molar-refractivity contribution in [3.63, 3.8) is 0 Å². The Morgan fingerprint density at radius 1 is 1.15 bits per heavy atom. The Morgan fingerprint density at radius 2 is 1.93 bits per heavy atom. The number of rotatable bonds is 6. The first kappa shape index (κ1) is 19.1. The number of hydrogen-bond donors (Lipinski definition) is 2. The summed E-state index contributed by atoms with van der Waals surface area (Å²) in [5.41, 5.74) is 1.95. The molecular formula is C19H21N3O4S. The minimum atomic E-state index is -3.61. The summed E-state index contributed by atoms with van der Waals surface area (Å²) in [5, 5.41) is 2.78. The Kier molecular flexibility index (Phi) is 5.57. The highest BCUT2D eigenvalue weighted by molar-refractivity contribution is 7.89. The van der Waals surface area contributed by atoms with Gasteiger partial charge in [-0.05, 0) is 49.4 Å². The molecule has 2 aromatic rings. The zero-order chi connectivity index (χ0) is 19.4. The summed E-state index contributed by atoms with van der Waals surface area (Å²) in [7, 11) is -2.29. The fraction of sp³-hybridized carbons (Fsp3) is 0.263. The van der Waals surface area contributed by atoms with Crippen molar-refractivity contribution in [2.45, 2.75) is 24.3 Å². The zero-order valence-corrected chi connectivity index (χ0v) is 15.8. The van der Waals surface area contributed by atoms with Gasteiger partial charge in [-0.15, -0.1) is 0 Å². The molecule has 1 saturated heterocycles. The van der Waals surface area contributed by atoms with Gasteiger partial charge < -0.3 is 10.2 Å². The number of nitrogens with one attached hydrogen (secondary N) is 2. The molecule has 2 amide bonds. The minimum Gasteiger partial charge on any atom is -0.348 e. The second kappa shape index (κ2) is 7.89. The van der Waals surface area contributed by atoms with Crippen LogP contribution in [0.5, 0.6) is 0 Å². The van der Waals surface area contributed by atoms with Gasteiger partial charge >= 0.3 is 0 Å². The predicted octanol–water partition coefficient (Wildman–Crippen LogP) is 1.65. The van der Waals surface area contributed by atoms with E-state index < -0.39 is 10.0 Å². The van der Waals surface area contributed by atoms with Crippen LogP contribution in [0.2, 0.25) is 0 Å². The van der Waals surface area contributed by atoms with Crippen molar-refractivity contribution in [2.75, 3.05) is 18.5 Å². The summed E-state index contributed by atoms with van der Waals surface area (Å²) in [6.45, 7) is 0.985. The van der Waals surface area contributed by atoms with Gasteiger partial charge in [0.25, 0.3) is 5.91 Å².